The summed E-state index contributed by atoms with van der Waals surface area (Å²) in [6.45, 7) is 0. The minimum Gasteiger partial charge on any atom is -0.455 e. The average molecular weight is 341 g/mol. The molecule has 2 aromatic carbocycles. The van der Waals surface area contributed by atoms with E-state index in [1.807, 2.05) is 54.6 Å². The van der Waals surface area contributed by atoms with E-state index in [0.29, 0.717) is 5.11 Å². The molecule has 4 N–H and O–H groups in total. The molecule has 1 fully saturated rings. The number of anilines is 1. The molecule has 126 valence electrons. The number of benzene rings is 2. The zero-order valence-electron chi connectivity index (χ0n) is 13.6. The molecule has 1 saturated carbocycles. The number of hydrogen-bond donors (Lipinski definition) is 3. The molecule has 1 aliphatic rings. The number of ether oxygens (including phenoxy) is 1. The highest BCUT2D eigenvalue weighted by Gasteiger charge is 2.22. The third-order valence-electron chi connectivity index (χ3n) is 4.24. The molecule has 0 spiro atoms. The molecule has 0 aromatic heterocycles. The van der Waals surface area contributed by atoms with E-state index in [-0.39, 0.29) is 12.1 Å². The molecule has 0 heterocycles. The van der Waals surface area contributed by atoms with Crippen LogP contribution in [0.15, 0.2) is 54.6 Å². The van der Waals surface area contributed by atoms with Gasteiger partial charge < -0.3 is 21.1 Å². The summed E-state index contributed by atoms with van der Waals surface area (Å²) in [7, 11) is 0. The Morgan fingerprint density at radius 3 is 2.50 bits per heavy atom. The van der Waals surface area contributed by atoms with Gasteiger partial charge in [0.1, 0.15) is 5.75 Å². The van der Waals surface area contributed by atoms with Gasteiger partial charge in [-0.15, -0.1) is 0 Å². The molecule has 2 aromatic rings. The zero-order valence-corrected chi connectivity index (χ0v) is 14.4. The summed E-state index contributed by atoms with van der Waals surface area (Å²) in [4.78, 5) is 0. The average Bonchev–Trinajstić information content (AvgIpc) is 2.60. The van der Waals surface area contributed by atoms with Gasteiger partial charge in [0.15, 0.2) is 10.9 Å². The van der Waals surface area contributed by atoms with E-state index >= 15 is 0 Å². The number of thiocarbonyl (C=S) groups is 1. The maximum Gasteiger partial charge on any atom is 0.171 e. The van der Waals surface area contributed by atoms with Crippen molar-refractivity contribution in [2.75, 3.05) is 5.32 Å². The van der Waals surface area contributed by atoms with E-state index in [1.54, 1.807) is 0 Å². The predicted molar refractivity (Wildman–Crippen MR) is 103 cm³/mol. The van der Waals surface area contributed by atoms with Crippen LogP contribution in [0.25, 0.3) is 0 Å². The molecular weight excluding hydrogens is 318 g/mol. The van der Waals surface area contributed by atoms with Gasteiger partial charge >= 0.3 is 0 Å². The lowest BCUT2D eigenvalue weighted by Gasteiger charge is -2.30. The standard InChI is InChI=1S/C19H23N3OS/c20-15-10-4-5-11-16(15)21-19(24)22-17-12-6-7-13-18(17)23-14-8-2-1-3-9-14/h1-3,6-9,12-13,15-16H,4-5,10-11,20H2,(H2,21,22,24)/t15-,16-/m0/s1. The van der Waals surface area contributed by atoms with Crippen LogP contribution in [0.2, 0.25) is 0 Å². The Morgan fingerprint density at radius 2 is 1.71 bits per heavy atom. The van der Waals surface area contributed by atoms with Gasteiger partial charge in [-0.3, -0.25) is 0 Å². The van der Waals surface area contributed by atoms with Gasteiger partial charge in [0.2, 0.25) is 0 Å². The van der Waals surface area contributed by atoms with E-state index in [2.05, 4.69) is 10.6 Å². The van der Waals surface area contributed by atoms with E-state index < -0.39 is 0 Å². The summed E-state index contributed by atoms with van der Waals surface area (Å²) in [6.07, 6.45) is 4.51. The number of hydrogen-bond acceptors (Lipinski definition) is 3. The van der Waals surface area contributed by atoms with Crippen molar-refractivity contribution >= 4 is 23.0 Å². The van der Waals surface area contributed by atoms with Crippen molar-refractivity contribution < 1.29 is 4.74 Å². The molecule has 0 saturated heterocycles. The molecule has 2 atom stereocenters. The third kappa shape index (κ3) is 4.46. The van der Waals surface area contributed by atoms with E-state index in [0.717, 1.165) is 30.0 Å². The van der Waals surface area contributed by atoms with Gasteiger partial charge in [-0.25, -0.2) is 0 Å². The second-order valence-corrected chi connectivity index (χ2v) is 6.47. The molecular formula is C19H23N3OS. The molecule has 3 rings (SSSR count). The number of para-hydroxylation sites is 3. The first-order chi connectivity index (χ1) is 11.7. The highest BCUT2D eigenvalue weighted by atomic mass is 32.1. The fourth-order valence-corrected chi connectivity index (χ4v) is 3.20. The summed E-state index contributed by atoms with van der Waals surface area (Å²) in [5.41, 5.74) is 7.01. The molecule has 4 nitrogen and oxygen atoms in total. The first kappa shape index (κ1) is 16.7. The van der Waals surface area contributed by atoms with Gasteiger partial charge in [0, 0.05) is 12.1 Å². The Kier molecular flexibility index (Phi) is 5.67. The fourth-order valence-electron chi connectivity index (χ4n) is 2.94. The van der Waals surface area contributed by atoms with Crippen LogP contribution in [-0.4, -0.2) is 17.2 Å². The molecule has 5 heteroatoms. The van der Waals surface area contributed by atoms with Gasteiger partial charge in [-0.05, 0) is 49.3 Å². The first-order valence-electron chi connectivity index (χ1n) is 8.37. The topological polar surface area (TPSA) is 59.3 Å². The summed E-state index contributed by atoms with van der Waals surface area (Å²) < 4.78 is 5.95. The van der Waals surface area contributed by atoms with Crippen LogP contribution >= 0.6 is 12.2 Å². The summed E-state index contributed by atoms with van der Waals surface area (Å²) in [5.74, 6) is 1.53. The molecule has 0 amide bonds. The quantitative estimate of drug-likeness (QED) is 0.733. The van der Waals surface area contributed by atoms with Crippen LogP contribution in [0.1, 0.15) is 25.7 Å². The Labute approximate surface area is 148 Å². The highest BCUT2D eigenvalue weighted by Crippen LogP contribution is 2.29. The Hall–Kier alpha value is -2.11. The molecule has 0 aliphatic heterocycles. The van der Waals surface area contributed by atoms with Crippen molar-refractivity contribution in [1.29, 1.82) is 0 Å². The monoisotopic (exact) mass is 341 g/mol. The second-order valence-electron chi connectivity index (χ2n) is 6.06. The van der Waals surface area contributed by atoms with Crippen molar-refractivity contribution in [3.05, 3.63) is 54.6 Å². The Balaban J connectivity index is 1.65. The van der Waals surface area contributed by atoms with Gasteiger partial charge in [-0.2, -0.15) is 0 Å². The third-order valence-corrected chi connectivity index (χ3v) is 4.46. The van der Waals surface area contributed by atoms with Crippen LogP contribution in [0.4, 0.5) is 5.69 Å². The smallest absolute Gasteiger partial charge is 0.171 e. The molecule has 0 radical (unpaired) electrons. The Bertz CT molecular complexity index is 677. The minimum atomic E-state index is 0.161. The van der Waals surface area contributed by atoms with Gasteiger partial charge in [0.05, 0.1) is 5.69 Å². The van der Waals surface area contributed by atoms with Gasteiger partial charge in [0.25, 0.3) is 0 Å². The number of rotatable bonds is 4. The lowest BCUT2D eigenvalue weighted by atomic mass is 9.91. The van der Waals surface area contributed by atoms with Crippen LogP contribution in [0.5, 0.6) is 11.5 Å². The van der Waals surface area contributed by atoms with Crippen LogP contribution < -0.4 is 21.1 Å². The largest absolute Gasteiger partial charge is 0.455 e. The van der Waals surface area contributed by atoms with E-state index in [9.17, 15) is 0 Å². The van der Waals surface area contributed by atoms with Crippen molar-refractivity contribution in [3.63, 3.8) is 0 Å². The van der Waals surface area contributed by atoms with Crippen molar-refractivity contribution in [1.82, 2.24) is 5.32 Å². The minimum absolute atomic E-state index is 0.161. The van der Waals surface area contributed by atoms with Gasteiger partial charge in [-0.1, -0.05) is 43.2 Å². The maximum atomic E-state index is 6.18. The molecule has 24 heavy (non-hydrogen) atoms. The van der Waals surface area contributed by atoms with E-state index in [1.165, 1.54) is 12.8 Å². The molecule has 1 aliphatic carbocycles. The maximum absolute atomic E-state index is 6.18. The van der Waals surface area contributed by atoms with Crippen molar-refractivity contribution in [2.24, 2.45) is 5.73 Å². The van der Waals surface area contributed by atoms with Crippen molar-refractivity contribution in [3.8, 4) is 11.5 Å². The molecule has 0 bridgehead atoms. The fraction of sp³-hybridized carbons (Fsp3) is 0.316. The molecule has 0 unspecified atom stereocenters. The number of nitrogens with one attached hydrogen (secondary N) is 2. The number of nitrogens with two attached hydrogens (primary N) is 1. The lowest BCUT2D eigenvalue weighted by Crippen LogP contribution is -2.50. The van der Waals surface area contributed by atoms with Crippen molar-refractivity contribution in [2.45, 2.75) is 37.8 Å². The SMILES string of the molecule is N[C@H]1CCCC[C@@H]1NC(=S)Nc1ccccc1Oc1ccccc1. The van der Waals surface area contributed by atoms with E-state index in [4.69, 9.17) is 22.7 Å². The predicted octanol–water partition coefficient (Wildman–Crippen LogP) is 4.04. The summed E-state index contributed by atoms with van der Waals surface area (Å²) in [6, 6.07) is 17.9. The lowest BCUT2D eigenvalue weighted by molar-refractivity contribution is 0.361. The second kappa shape index (κ2) is 8.13. The highest BCUT2D eigenvalue weighted by molar-refractivity contribution is 7.80. The Morgan fingerprint density at radius 1 is 1.00 bits per heavy atom. The zero-order chi connectivity index (χ0) is 16.8. The van der Waals surface area contributed by atoms with Crippen LogP contribution in [0, 0.1) is 0 Å². The normalized spacial score (nSPS) is 20.2. The van der Waals surface area contributed by atoms with Crippen LogP contribution in [0.3, 0.4) is 0 Å². The summed E-state index contributed by atoms with van der Waals surface area (Å²) >= 11 is 5.46. The summed E-state index contributed by atoms with van der Waals surface area (Å²) in [5, 5.41) is 7.17. The van der Waals surface area contributed by atoms with Crippen LogP contribution in [-0.2, 0) is 0 Å². The first-order valence-corrected chi connectivity index (χ1v) is 8.78.